The summed E-state index contributed by atoms with van der Waals surface area (Å²) in [4.78, 5) is 16.0. The van der Waals surface area contributed by atoms with Crippen LogP contribution in [0.5, 0.6) is 11.5 Å². The summed E-state index contributed by atoms with van der Waals surface area (Å²) in [5.74, 6) is 0.242. The van der Waals surface area contributed by atoms with Gasteiger partial charge in [0.05, 0.1) is 23.9 Å². The van der Waals surface area contributed by atoms with Crippen molar-refractivity contribution in [2.75, 3.05) is 7.11 Å². The number of nitrogens with zero attached hydrogens (tertiary/aromatic N) is 2. The lowest BCUT2D eigenvalue weighted by molar-refractivity contribution is 0.0955. The smallest absolute Gasteiger partial charge is 0.274 e. The van der Waals surface area contributed by atoms with Gasteiger partial charge in [0.2, 0.25) is 0 Å². The number of methoxy groups -OCH3 is 1. The van der Waals surface area contributed by atoms with E-state index in [1.54, 1.807) is 42.5 Å². The summed E-state index contributed by atoms with van der Waals surface area (Å²) in [7, 11) is 1.49. The summed E-state index contributed by atoms with van der Waals surface area (Å²) in [6.07, 6.45) is 2.90. The van der Waals surface area contributed by atoms with Gasteiger partial charge in [-0.25, -0.2) is 10.4 Å². The highest BCUT2D eigenvalue weighted by Crippen LogP contribution is 2.37. The van der Waals surface area contributed by atoms with Gasteiger partial charge in [-0.2, -0.15) is 5.10 Å². The van der Waals surface area contributed by atoms with Crippen LogP contribution in [0.3, 0.4) is 0 Å². The molecule has 0 spiro atoms. The molecule has 1 amide bonds. The number of hydrazone groups is 1. The standard InChI is InChI=1S/C21H15Cl4N3O3/c1-30-18-8-12(10-27-28-21(29)15-3-2-6-26-20(15)25)7-17(24)19(18)31-11-13-4-5-14(22)9-16(13)23/h2-10H,11H2,1H3,(H,28,29). The van der Waals surface area contributed by atoms with Crippen molar-refractivity contribution in [3.8, 4) is 11.5 Å². The van der Waals surface area contributed by atoms with Crippen LogP contribution in [0, 0.1) is 0 Å². The number of hydrogen-bond donors (Lipinski definition) is 1. The van der Waals surface area contributed by atoms with Crippen molar-refractivity contribution in [1.82, 2.24) is 10.4 Å². The number of rotatable bonds is 7. The molecular formula is C21H15Cl4N3O3. The third kappa shape index (κ3) is 6.02. The monoisotopic (exact) mass is 497 g/mol. The number of carbonyl (C=O) groups is 1. The topological polar surface area (TPSA) is 72.8 Å². The molecule has 1 heterocycles. The molecule has 0 bridgehead atoms. The zero-order valence-electron chi connectivity index (χ0n) is 16.0. The summed E-state index contributed by atoms with van der Waals surface area (Å²) in [5.41, 5.74) is 3.91. The summed E-state index contributed by atoms with van der Waals surface area (Å²) >= 11 is 24.4. The second kappa shape index (κ2) is 10.7. The second-order valence-electron chi connectivity index (χ2n) is 6.10. The van der Waals surface area contributed by atoms with E-state index in [0.29, 0.717) is 32.1 Å². The predicted molar refractivity (Wildman–Crippen MR) is 123 cm³/mol. The van der Waals surface area contributed by atoms with Crippen molar-refractivity contribution in [3.63, 3.8) is 0 Å². The Bertz CT molecular complexity index is 1140. The summed E-state index contributed by atoms with van der Waals surface area (Å²) in [6.45, 7) is 0.168. The van der Waals surface area contributed by atoms with Gasteiger partial charge >= 0.3 is 0 Å². The van der Waals surface area contributed by atoms with Gasteiger partial charge < -0.3 is 9.47 Å². The minimum atomic E-state index is -0.493. The van der Waals surface area contributed by atoms with Gasteiger partial charge in [0.15, 0.2) is 11.5 Å². The van der Waals surface area contributed by atoms with E-state index in [2.05, 4.69) is 15.5 Å². The molecule has 0 aliphatic heterocycles. The van der Waals surface area contributed by atoms with Crippen LogP contribution in [0.2, 0.25) is 20.2 Å². The van der Waals surface area contributed by atoms with E-state index in [1.165, 1.54) is 19.5 Å². The minimum Gasteiger partial charge on any atom is -0.493 e. The lowest BCUT2D eigenvalue weighted by atomic mass is 10.2. The third-order valence-corrected chi connectivity index (χ3v) is 5.19. The van der Waals surface area contributed by atoms with Crippen LogP contribution in [0.25, 0.3) is 0 Å². The number of pyridine rings is 1. The van der Waals surface area contributed by atoms with Crippen LogP contribution in [0.1, 0.15) is 21.5 Å². The molecule has 1 N–H and O–H groups in total. The first-order valence-electron chi connectivity index (χ1n) is 8.77. The van der Waals surface area contributed by atoms with Crippen LogP contribution in [-0.4, -0.2) is 24.2 Å². The molecule has 0 atom stereocenters. The quantitative estimate of drug-likeness (QED) is 0.244. The molecule has 6 nitrogen and oxygen atoms in total. The Balaban J connectivity index is 1.72. The highest BCUT2D eigenvalue weighted by Gasteiger charge is 2.13. The molecule has 3 rings (SSSR count). The van der Waals surface area contributed by atoms with Gasteiger partial charge in [0, 0.05) is 21.8 Å². The Morgan fingerprint density at radius 2 is 1.94 bits per heavy atom. The number of ether oxygens (including phenoxy) is 2. The molecule has 0 fully saturated rings. The number of hydrogen-bond acceptors (Lipinski definition) is 5. The number of amides is 1. The van der Waals surface area contributed by atoms with Crippen molar-refractivity contribution >= 4 is 58.5 Å². The fourth-order valence-electron chi connectivity index (χ4n) is 2.52. The molecule has 2 aromatic carbocycles. The normalized spacial score (nSPS) is 10.9. The summed E-state index contributed by atoms with van der Waals surface area (Å²) in [6, 6.07) is 11.5. The van der Waals surface area contributed by atoms with E-state index in [4.69, 9.17) is 55.9 Å². The summed E-state index contributed by atoms with van der Waals surface area (Å²) < 4.78 is 11.2. The minimum absolute atomic E-state index is 0.0854. The highest BCUT2D eigenvalue weighted by atomic mass is 35.5. The molecule has 0 saturated heterocycles. The number of benzene rings is 2. The van der Waals surface area contributed by atoms with Crippen LogP contribution in [-0.2, 0) is 6.61 Å². The highest BCUT2D eigenvalue weighted by molar-refractivity contribution is 6.35. The van der Waals surface area contributed by atoms with Crippen molar-refractivity contribution in [1.29, 1.82) is 0 Å². The molecule has 0 aliphatic rings. The number of nitrogens with one attached hydrogen (secondary N) is 1. The average Bonchev–Trinajstić information content (AvgIpc) is 2.74. The maximum atomic E-state index is 12.1. The Morgan fingerprint density at radius 1 is 1.13 bits per heavy atom. The van der Waals surface area contributed by atoms with Gasteiger partial charge in [-0.15, -0.1) is 0 Å². The van der Waals surface area contributed by atoms with Crippen LogP contribution < -0.4 is 14.9 Å². The van der Waals surface area contributed by atoms with Crippen molar-refractivity contribution in [2.45, 2.75) is 6.61 Å². The number of aromatic nitrogens is 1. The first kappa shape index (κ1) is 23.2. The van der Waals surface area contributed by atoms with Crippen molar-refractivity contribution < 1.29 is 14.3 Å². The van der Waals surface area contributed by atoms with E-state index in [0.717, 1.165) is 5.56 Å². The fourth-order valence-corrected chi connectivity index (χ4v) is 3.47. The predicted octanol–water partition coefficient (Wildman–Crippen LogP) is 6.05. The van der Waals surface area contributed by atoms with Gasteiger partial charge in [-0.1, -0.05) is 52.5 Å². The Hall–Kier alpha value is -2.51. The van der Waals surface area contributed by atoms with Crippen molar-refractivity contribution in [3.05, 3.63) is 85.6 Å². The van der Waals surface area contributed by atoms with Gasteiger partial charge in [0.25, 0.3) is 5.91 Å². The van der Waals surface area contributed by atoms with Gasteiger partial charge in [-0.3, -0.25) is 4.79 Å². The largest absolute Gasteiger partial charge is 0.493 e. The Morgan fingerprint density at radius 3 is 2.65 bits per heavy atom. The second-order valence-corrected chi connectivity index (χ2v) is 7.71. The molecule has 160 valence electrons. The van der Waals surface area contributed by atoms with Crippen LogP contribution >= 0.6 is 46.4 Å². The molecule has 31 heavy (non-hydrogen) atoms. The molecule has 0 saturated carbocycles. The lowest BCUT2D eigenvalue weighted by Gasteiger charge is -2.14. The maximum absolute atomic E-state index is 12.1. The SMILES string of the molecule is COc1cc(C=NNC(=O)c2cccnc2Cl)cc(Cl)c1OCc1ccc(Cl)cc1Cl. The Kier molecular flexibility index (Phi) is 7.98. The molecule has 0 aliphatic carbocycles. The fraction of sp³-hybridized carbons (Fsp3) is 0.0952. The van der Waals surface area contributed by atoms with E-state index in [-0.39, 0.29) is 17.3 Å². The van der Waals surface area contributed by atoms with Gasteiger partial charge in [-0.05, 0) is 42.0 Å². The molecular weight excluding hydrogens is 484 g/mol. The van der Waals surface area contributed by atoms with Crippen molar-refractivity contribution in [2.24, 2.45) is 5.10 Å². The zero-order valence-corrected chi connectivity index (χ0v) is 19.1. The lowest BCUT2D eigenvalue weighted by Crippen LogP contribution is -2.18. The third-order valence-electron chi connectivity index (χ3n) is 4.02. The maximum Gasteiger partial charge on any atom is 0.274 e. The molecule has 0 radical (unpaired) electrons. The van der Waals surface area contributed by atoms with Gasteiger partial charge in [0.1, 0.15) is 11.8 Å². The van der Waals surface area contributed by atoms with Crippen LogP contribution in [0.15, 0.2) is 53.8 Å². The van der Waals surface area contributed by atoms with E-state index in [1.807, 2.05) is 0 Å². The Labute approximate surface area is 198 Å². The molecule has 0 unspecified atom stereocenters. The zero-order chi connectivity index (χ0) is 22.4. The summed E-state index contributed by atoms with van der Waals surface area (Å²) in [5, 5.41) is 5.32. The first-order valence-corrected chi connectivity index (χ1v) is 10.3. The number of carbonyl (C=O) groups excluding carboxylic acids is 1. The molecule has 3 aromatic rings. The van der Waals surface area contributed by atoms with Crippen LogP contribution in [0.4, 0.5) is 0 Å². The number of halogens is 4. The molecule has 1 aromatic heterocycles. The van der Waals surface area contributed by atoms with E-state index < -0.39 is 5.91 Å². The average molecular weight is 499 g/mol. The molecule has 10 heteroatoms. The van der Waals surface area contributed by atoms with E-state index >= 15 is 0 Å². The first-order chi connectivity index (χ1) is 14.9. The van der Waals surface area contributed by atoms with E-state index in [9.17, 15) is 4.79 Å².